The number of aromatic nitrogens is 3. The Kier molecular flexibility index (Phi) is 6.91. The van der Waals surface area contributed by atoms with Gasteiger partial charge in [0.05, 0.1) is 19.4 Å². The molecule has 10 heteroatoms. The van der Waals surface area contributed by atoms with E-state index in [1.165, 1.54) is 23.9 Å². The molecule has 0 atom stereocenters. The molecule has 0 spiro atoms. The molecule has 0 unspecified atom stereocenters. The fraction of sp³-hybridized carbons (Fsp3) is 0.200. The minimum Gasteiger partial charge on any atom is -0.508 e. The molecule has 0 radical (unpaired) electrons. The summed E-state index contributed by atoms with van der Waals surface area (Å²) in [6.07, 6.45) is 0. The standard InChI is InChI=1S/C20H21N5O4S/c1-25-17(11-21-19(28)13-6-8-16(29-2)9-7-13)23-24-20(25)30-12-18(27)22-14-4-3-5-15(26)10-14/h3-10,26H,11-12H2,1-2H3,(H,21,28)(H,22,27). The molecule has 3 N–H and O–H groups in total. The minimum absolute atomic E-state index is 0.0788. The van der Waals surface area contributed by atoms with Crippen LogP contribution in [0.2, 0.25) is 0 Å². The van der Waals surface area contributed by atoms with Crippen molar-refractivity contribution in [2.75, 3.05) is 18.2 Å². The molecular weight excluding hydrogens is 406 g/mol. The third kappa shape index (κ3) is 5.51. The Morgan fingerprint density at radius 3 is 2.63 bits per heavy atom. The average Bonchev–Trinajstić information content (AvgIpc) is 3.10. The maximum Gasteiger partial charge on any atom is 0.251 e. The van der Waals surface area contributed by atoms with Crippen LogP contribution in [0, 0.1) is 0 Å². The van der Waals surface area contributed by atoms with E-state index < -0.39 is 0 Å². The number of thioether (sulfide) groups is 1. The molecule has 9 nitrogen and oxygen atoms in total. The summed E-state index contributed by atoms with van der Waals surface area (Å²) in [6, 6.07) is 13.1. The van der Waals surface area contributed by atoms with Gasteiger partial charge in [-0.05, 0) is 36.4 Å². The largest absolute Gasteiger partial charge is 0.508 e. The van der Waals surface area contributed by atoms with Gasteiger partial charge in [-0.3, -0.25) is 9.59 Å². The Balaban J connectivity index is 1.51. The lowest BCUT2D eigenvalue weighted by molar-refractivity contribution is -0.113. The number of anilines is 1. The summed E-state index contributed by atoms with van der Waals surface area (Å²) in [5, 5.41) is 23.6. The zero-order valence-corrected chi connectivity index (χ0v) is 17.3. The van der Waals surface area contributed by atoms with Gasteiger partial charge in [-0.25, -0.2) is 0 Å². The number of rotatable bonds is 8. The number of phenolic OH excluding ortho intramolecular Hbond substituents is 1. The van der Waals surface area contributed by atoms with Gasteiger partial charge in [-0.1, -0.05) is 17.8 Å². The van der Waals surface area contributed by atoms with E-state index in [-0.39, 0.29) is 29.9 Å². The second-order valence-electron chi connectivity index (χ2n) is 6.26. The topological polar surface area (TPSA) is 118 Å². The van der Waals surface area contributed by atoms with Crippen LogP contribution in [0.15, 0.2) is 53.7 Å². The zero-order valence-electron chi connectivity index (χ0n) is 16.5. The summed E-state index contributed by atoms with van der Waals surface area (Å²) in [7, 11) is 3.33. The first-order chi connectivity index (χ1) is 14.5. The molecule has 0 saturated heterocycles. The van der Waals surface area contributed by atoms with Crippen molar-refractivity contribution in [3.05, 3.63) is 59.9 Å². The van der Waals surface area contributed by atoms with Crippen LogP contribution in [0.3, 0.4) is 0 Å². The van der Waals surface area contributed by atoms with E-state index >= 15 is 0 Å². The number of benzene rings is 2. The SMILES string of the molecule is COc1ccc(C(=O)NCc2nnc(SCC(=O)Nc3cccc(O)c3)n2C)cc1. The lowest BCUT2D eigenvalue weighted by Crippen LogP contribution is -2.24. The van der Waals surface area contributed by atoms with Crippen LogP contribution in [-0.2, 0) is 18.4 Å². The molecule has 1 aromatic heterocycles. The third-order valence-electron chi connectivity index (χ3n) is 4.15. The fourth-order valence-corrected chi connectivity index (χ4v) is 3.27. The van der Waals surface area contributed by atoms with Crippen LogP contribution in [0.1, 0.15) is 16.2 Å². The van der Waals surface area contributed by atoms with Crippen LogP contribution in [0.25, 0.3) is 0 Å². The Morgan fingerprint density at radius 1 is 1.17 bits per heavy atom. The zero-order chi connectivity index (χ0) is 21.5. The number of methoxy groups -OCH3 is 1. The third-order valence-corrected chi connectivity index (χ3v) is 5.17. The van der Waals surface area contributed by atoms with Gasteiger partial charge < -0.3 is 25.0 Å². The second kappa shape index (κ2) is 9.79. The van der Waals surface area contributed by atoms with E-state index in [0.717, 1.165) is 0 Å². The van der Waals surface area contributed by atoms with E-state index in [1.807, 2.05) is 0 Å². The summed E-state index contributed by atoms with van der Waals surface area (Å²) in [5.41, 5.74) is 1.02. The molecule has 0 bridgehead atoms. The number of amides is 2. The number of aromatic hydroxyl groups is 1. The summed E-state index contributed by atoms with van der Waals surface area (Å²) in [4.78, 5) is 24.4. The highest BCUT2D eigenvalue weighted by Gasteiger charge is 2.13. The summed E-state index contributed by atoms with van der Waals surface area (Å²) in [6.45, 7) is 0.199. The highest BCUT2D eigenvalue weighted by molar-refractivity contribution is 7.99. The van der Waals surface area contributed by atoms with Crippen LogP contribution in [-0.4, -0.2) is 44.5 Å². The van der Waals surface area contributed by atoms with Gasteiger partial charge >= 0.3 is 0 Å². The Morgan fingerprint density at radius 2 is 1.93 bits per heavy atom. The number of carbonyl (C=O) groups is 2. The minimum atomic E-state index is -0.236. The molecule has 0 fully saturated rings. The number of phenols is 1. The molecule has 0 saturated carbocycles. The van der Waals surface area contributed by atoms with E-state index in [4.69, 9.17) is 4.74 Å². The first-order valence-corrected chi connectivity index (χ1v) is 9.97. The van der Waals surface area contributed by atoms with Crippen molar-refractivity contribution in [1.29, 1.82) is 0 Å². The van der Waals surface area contributed by atoms with Crippen molar-refractivity contribution in [1.82, 2.24) is 20.1 Å². The molecule has 2 aromatic carbocycles. The van der Waals surface area contributed by atoms with Crippen LogP contribution >= 0.6 is 11.8 Å². The molecule has 3 aromatic rings. The molecule has 30 heavy (non-hydrogen) atoms. The molecular formula is C20H21N5O4S. The normalized spacial score (nSPS) is 10.5. The van der Waals surface area contributed by atoms with Crippen molar-refractivity contribution in [2.45, 2.75) is 11.7 Å². The predicted molar refractivity (Wildman–Crippen MR) is 113 cm³/mol. The maximum absolute atomic E-state index is 12.3. The number of carbonyl (C=O) groups excluding carboxylic acids is 2. The summed E-state index contributed by atoms with van der Waals surface area (Å²) in [5.74, 6) is 0.973. The smallest absolute Gasteiger partial charge is 0.251 e. The molecule has 3 rings (SSSR count). The van der Waals surface area contributed by atoms with Gasteiger partial charge in [-0.15, -0.1) is 10.2 Å². The fourth-order valence-electron chi connectivity index (χ4n) is 2.54. The van der Waals surface area contributed by atoms with Gasteiger partial charge in [0.15, 0.2) is 11.0 Å². The average molecular weight is 427 g/mol. The van der Waals surface area contributed by atoms with Crippen molar-refractivity contribution >= 4 is 29.3 Å². The number of ether oxygens (including phenoxy) is 1. The molecule has 1 heterocycles. The van der Waals surface area contributed by atoms with E-state index in [2.05, 4.69) is 20.8 Å². The molecule has 0 aliphatic rings. The highest BCUT2D eigenvalue weighted by Crippen LogP contribution is 2.18. The number of hydrogen-bond donors (Lipinski definition) is 3. The van der Waals surface area contributed by atoms with Crippen molar-refractivity contribution < 1.29 is 19.4 Å². The highest BCUT2D eigenvalue weighted by atomic mass is 32.2. The quantitative estimate of drug-likeness (QED) is 0.472. The van der Waals surface area contributed by atoms with E-state index in [9.17, 15) is 14.7 Å². The number of nitrogens with zero attached hydrogens (tertiary/aromatic N) is 3. The predicted octanol–water partition coefficient (Wildman–Crippen LogP) is 2.19. The van der Waals surface area contributed by atoms with Gasteiger partial charge in [0.2, 0.25) is 5.91 Å². The molecule has 0 aliphatic heterocycles. The lowest BCUT2D eigenvalue weighted by atomic mass is 10.2. The summed E-state index contributed by atoms with van der Waals surface area (Å²) < 4.78 is 6.80. The Bertz CT molecular complexity index is 1040. The first kappa shape index (κ1) is 21.2. The Hall–Kier alpha value is -3.53. The van der Waals surface area contributed by atoms with Gasteiger partial charge in [-0.2, -0.15) is 0 Å². The molecule has 156 valence electrons. The molecule has 2 amide bonds. The van der Waals surface area contributed by atoms with E-state index in [0.29, 0.717) is 28.0 Å². The summed E-state index contributed by atoms with van der Waals surface area (Å²) >= 11 is 1.22. The van der Waals surface area contributed by atoms with Crippen molar-refractivity contribution in [3.63, 3.8) is 0 Å². The lowest BCUT2D eigenvalue weighted by Gasteiger charge is -2.07. The molecule has 0 aliphatic carbocycles. The van der Waals surface area contributed by atoms with Crippen molar-refractivity contribution in [2.24, 2.45) is 7.05 Å². The van der Waals surface area contributed by atoms with E-state index in [1.54, 1.807) is 55.1 Å². The van der Waals surface area contributed by atoms with Crippen LogP contribution < -0.4 is 15.4 Å². The van der Waals surface area contributed by atoms with Crippen LogP contribution in [0.4, 0.5) is 5.69 Å². The first-order valence-electron chi connectivity index (χ1n) is 8.98. The van der Waals surface area contributed by atoms with Crippen molar-refractivity contribution in [3.8, 4) is 11.5 Å². The number of nitrogens with one attached hydrogen (secondary N) is 2. The Labute approximate surface area is 177 Å². The maximum atomic E-state index is 12.3. The monoisotopic (exact) mass is 427 g/mol. The van der Waals surface area contributed by atoms with Gasteiger partial charge in [0.1, 0.15) is 11.5 Å². The number of hydrogen-bond acceptors (Lipinski definition) is 7. The second-order valence-corrected chi connectivity index (χ2v) is 7.20. The van der Waals surface area contributed by atoms with Crippen LogP contribution in [0.5, 0.6) is 11.5 Å². The van der Waals surface area contributed by atoms with Gasteiger partial charge in [0.25, 0.3) is 5.91 Å². The van der Waals surface area contributed by atoms with Gasteiger partial charge in [0, 0.05) is 24.4 Å².